The van der Waals surface area contributed by atoms with Gasteiger partial charge in [-0.3, -0.25) is 0 Å². The predicted octanol–water partition coefficient (Wildman–Crippen LogP) is 4.03. The maximum atomic E-state index is 13.6. The fourth-order valence-electron chi connectivity index (χ4n) is 2.41. The Hall–Kier alpha value is -1.30. The van der Waals surface area contributed by atoms with Crippen LogP contribution in [0.2, 0.25) is 0 Å². The lowest BCUT2D eigenvalue weighted by molar-refractivity contribution is 0.161. The number of aryl methyl sites for hydroxylation is 2. The van der Waals surface area contributed by atoms with Gasteiger partial charge in [0.1, 0.15) is 11.6 Å². The summed E-state index contributed by atoms with van der Waals surface area (Å²) in [6.07, 6.45) is -1.21. The normalized spacial score (nSPS) is 14.2. The van der Waals surface area contributed by atoms with Gasteiger partial charge in [0.15, 0.2) is 0 Å². The number of rotatable bonds is 5. The molecule has 0 aliphatic heterocycles. The molecule has 2 aromatic rings. The average Bonchev–Trinajstić information content (AvgIpc) is 2.75. The molecule has 5 heteroatoms. The van der Waals surface area contributed by atoms with Crippen LogP contribution >= 0.6 is 11.3 Å². The van der Waals surface area contributed by atoms with Gasteiger partial charge in [-0.1, -0.05) is 6.07 Å². The highest BCUT2D eigenvalue weighted by Crippen LogP contribution is 2.27. The van der Waals surface area contributed by atoms with Crippen LogP contribution in [-0.4, -0.2) is 11.7 Å². The first-order valence-corrected chi connectivity index (χ1v) is 7.64. The molecule has 0 spiro atoms. The Labute approximate surface area is 127 Å². The average molecular weight is 311 g/mol. The van der Waals surface area contributed by atoms with Gasteiger partial charge >= 0.3 is 0 Å². The predicted molar refractivity (Wildman–Crippen MR) is 81.5 cm³/mol. The van der Waals surface area contributed by atoms with E-state index in [1.807, 2.05) is 20.8 Å². The van der Waals surface area contributed by atoms with Crippen molar-refractivity contribution >= 4 is 11.3 Å². The zero-order valence-corrected chi connectivity index (χ0v) is 13.1. The van der Waals surface area contributed by atoms with Crippen LogP contribution in [0.25, 0.3) is 0 Å². The molecule has 2 unspecified atom stereocenters. The van der Waals surface area contributed by atoms with Gasteiger partial charge in [0.05, 0.1) is 11.7 Å². The first-order chi connectivity index (χ1) is 9.90. The maximum Gasteiger partial charge on any atom is 0.131 e. The van der Waals surface area contributed by atoms with Crippen LogP contribution in [0.5, 0.6) is 0 Å². The van der Waals surface area contributed by atoms with Gasteiger partial charge in [-0.2, -0.15) is 0 Å². The fraction of sp³-hybridized carbons (Fsp3) is 0.375. The number of hydrogen-bond donors (Lipinski definition) is 2. The Kier molecular flexibility index (Phi) is 5.08. The summed E-state index contributed by atoms with van der Waals surface area (Å²) < 4.78 is 27.2. The molecule has 0 fully saturated rings. The first-order valence-electron chi connectivity index (χ1n) is 6.82. The van der Waals surface area contributed by atoms with Gasteiger partial charge in [0, 0.05) is 22.3 Å². The van der Waals surface area contributed by atoms with E-state index >= 15 is 0 Å². The van der Waals surface area contributed by atoms with E-state index in [-0.39, 0.29) is 18.2 Å². The summed E-state index contributed by atoms with van der Waals surface area (Å²) >= 11 is 1.71. The van der Waals surface area contributed by atoms with Crippen molar-refractivity contribution in [2.75, 3.05) is 6.54 Å². The molecule has 1 aromatic carbocycles. The minimum Gasteiger partial charge on any atom is -0.387 e. The molecule has 21 heavy (non-hydrogen) atoms. The molecule has 0 aliphatic carbocycles. The second-order valence-electron chi connectivity index (χ2n) is 5.15. The summed E-state index contributed by atoms with van der Waals surface area (Å²) in [6, 6.07) is 5.69. The molecule has 1 heterocycles. The van der Waals surface area contributed by atoms with Gasteiger partial charge in [0.2, 0.25) is 0 Å². The van der Waals surface area contributed by atoms with Crippen molar-refractivity contribution in [3.63, 3.8) is 0 Å². The molecule has 1 aromatic heterocycles. The third kappa shape index (κ3) is 3.67. The molecule has 0 radical (unpaired) electrons. The molecular weight excluding hydrogens is 292 g/mol. The van der Waals surface area contributed by atoms with Crippen molar-refractivity contribution < 1.29 is 13.9 Å². The van der Waals surface area contributed by atoms with Gasteiger partial charge in [0.25, 0.3) is 0 Å². The van der Waals surface area contributed by atoms with E-state index in [1.54, 1.807) is 11.3 Å². The molecule has 2 atom stereocenters. The van der Waals surface area contributed by atoms with E-state index in [0.29, 0.717) is 0 Å². The van der Waals surface area contributed by atoms with Crippen LogP contribution in [-0.2, 0) is 0 Å². The van der Waals surface area contributed by atoms with E-state index in [2.05, 4.69) is 11.4 Å². The van der Waals surface area contributed by atoms with Crippen LogP contribution in [0.4, 0.5) is 8.78 Å². The standard InChI is InChI=1S/C16H19F2NOS/c1-9-7-12(11(3)21-9)10(2)19-8-15(20)16-13(17)5-4-6-14(16)18/h4-7,10,15,19-20H,8H2,1-3H3. The molecule has 0 amide bonds. The van der Waals surface area contributed by atoms with Gasteiger partial charge < -0.3 is 10.4 Å². The van der Waals surface area contributed by atoms with E-state index in [1.165, 1.54) is 15.8 Å². The Balaban J connectivity index is 2.04. The molecule has 0 aliphatic rings. The highest BCUT2D eigenvalue weighted by Gasteiger charge is 2.19. The SMILES string of the molecule is Cc1cc(C(C)NCC(O)c2c(F)cccc2F)c(C)s1. The lowest BCUT2D eigenvalue weighted by Crippen LogP contribution is -2.25. The molecule has 0 saturated carbocycles. The van der Waals surface area contributed by atoms with Crippen molar-refractivity contribution in [3.05, 3.63) is 56.8 Å². The Morgan fingerprint density at radius 1 is 1.24 bits per heavy atom. The summed E-state index contributed by atoms with van der Waals surface area (Å²) in [4.78, 5) is 2.43. The largest absolute Gasteiger partial charge is 0.387 e. The molecular formula is C16H19F2NOS. The van der Waals surface area contributed by atoms with Crippen molar-refractivity contribution in [1.29, 1.82) is 0 Å². The number of aliphatic hydroxyl groups is 1. The first kappa shape index (κ1) is 16.1. The van der Waals surface area contributed by atoms with Crippen LogP contribution in [0.1, 0.15) is 40.0 Å². The Morgan fingerprint density at radius 2 is 1.86 bits per heavy atom. The number of nitrogens with one attached hydrogen (secondary N) is 1. The van der Waals surface area contributed by atoms with E-state index in [0.717, 1.165) is 17.7 Å². The fourth-order valence-corrected chi connectivity index (χ4v) is 3.43. The number of halogens is 2. The monoisotopic (exact) mass is 311 g/mol. The summed E-state index contributed by atoms with van der Waals surface area (Å²) in [7, 11) is 0. The minimum atomic E-state index is -1.21. The zero-order valence-electron chi connectivity index (χ0n) is 12.3. The quantitative estimate of drug-likeness (QED) is 0.874. The van der Waals surface area contributed by atoms with Crippen LogP contribution in [0.3, 0.4) is 0 Å². The lowest BCUT2D eigenvalue weighted by atomic mass is 10.1. The van der Waals surface area contributed by atoms with Crippen molar-refractivity contribution in [3.8, 4) is 0 Å². The zero-order chi connectivity index (χ0) is 15.6. The molecule has 0 bridgehead atoms. The second kappa shape index (κ2) is 6.64. The van der Waals surface area contributed by atoms with Gasteiger partial charge in [-0.05, 0) is 44.5 Å². The number of aliphatic hydroxyl groups excluding tert-OH is 1. The second-order valence-corrected chi connectivity index (χ2v) is 6.61. The van der Waals surface area contributed by atoms with E-state index in [4.69, 9.17) is 0 Å². The summed E-state index contributed by atoms with van der Waals surface area (Å²) in [6.45, 7) is 6.14. The Bertz CT molecular complexity index is 606. The van der Waals surface area contributed by atoms with E-state index < -0.39 is 17.7 Å². The van der Waals surface area contributed by atoms with Crippen molar-refractivity contribution in [1.82, 2.24) is 5.32 Å². The summed E-state index contributed by atoms with van der Waals surface area (Å²) in [5, 5.41) is 13.1. The Morgan fingerprint density at radius 3 is 2.38 bits per heavy atom. The molecule has 0 saturated heterocycles. The third-order valence-corrected chi connectivity index (χ3v) is 4.48. The highest BCUT2D eigenvalue weighted by molar-refractivity contribution is 7.12. The highest BCUT2D eigenvalue weighted by atomic mass is 32.1. The number of benzene rings is 1. The van der Waals surface area contributed by atoms with Gasteiger partial charge in [-0.15, -0.1) is 11.3 Å². The molecule has 2 N–H and O–H groups in total. The van der Waals surface area contributed by atoms with Crippen LogP contribution < -0.4 is 5.32 Å². The molecule has 2 rings (SSSR count). The molecule has 2 nitrogen and oxygen atoms in total. The van der Waals surface area contributed by atoms with Crippen LogP contribution in [0.15, 0.2) is 24.3 Å². The third-order valence-electron chi connectivity index (χ3n) is 3.50. The van der Waals surface area contributed by atoms with E-state index in [9.17, 15) is 13.9 Å². The minimum absolute atomic E-state index is 0.0134. The topological polar surface area (TPSA) is 32.3 Å². The van der Waals surface area contributed by atoms with Gasteiger partial charge in [-0.25, -0.2) is 8.78 Å². The van der Waals surface area contributed by atoms with Crippen molar-refractivity contribution in [2.24, 2.45) is 0 Å². The summed E-state index contributed by atoms with van der Waals surface area (Å²) in [5.74, 6) is -1.45. The smallest absolute Gasteiger partial charge is 0.131 e. The maximum absolute atomic E-state index is 13.6. The molecule has 114 valence electrons. The number of hydrogen-bond acceptors (Lipinski definition) is 3. The lowest BCUT2D eigenvalue weighted by Gasteiger charge is -2.18. The van der Waals surface area contributed by atoms with Crippen LogP contribution in [0, 0.1) is 25.5 Å². The summed E-state index contributed by atoms with van der Waals surface area (Å²) in [5.41, 5.74) is 0.870. The van der Waals surface area contributed by atoms with Crippen molar-refractivity contribution in [2.45, 2.75) is 32.9 Å². The number of thiophene rings is 1.